The molecule has 0 spiro atoms. The van der Waals surface area contributed by atoms with Crippen LogP contribution >= 0.6 is 0 Å². The van der Waals surface area contributed by atoms with Gasteiger partial charge in [0.05, 0.1) is 11.4 Å². The molecule has 0 atom stereocenters. The molecule has 0 saturated carbocycles. The number of rotatable bonds is 5. The second-order valence-corrected chi connectivity index (χ2v) is 4.02. The Kier molecular flexibility index (Phi) is 3.79. The van der Waals surface area contributed by atoms with E-state index in [0.717, 1.165) is 0 Å². The highest BCUT2D eigenvalue weighted by Crippen LogP contribution is 2.15. The monoisotopic (exact) mass is 264 g/mol. The van der Waals surface area contributed by atoms with Crippen molar-refractivity contribution in [1.82, 2.24) is 25.2 Å². The predicted molar refractivity (Wildman–Crippen MR) is 67.4 cm³/mol. The fourth-order valence-corrected chi connectivity index (χ4v) is 1.74. The molecule has 2 aromatic rings. The minimum atomic E-state index is -0.247. The topological polar surface area (TPSA) is 112 Å². The number of nitrogens with one attached hydrogen (secondary N) is 1. The quantitative estimate of drug-likeness (QED) is 0.795. The van der Waals surface area contributed by atoms with Crippen LogP contribution in [0.4, 0.5) is 5.69 Å². The normalized spacial score (nSPS) is 10.6. The maximum atomic E-state index is 12.1. The SMILES string of the molecule is CCn1nc(C)c(N)c1C(=O)NCCc1ncon1. The highest BCUT2D eigenvalue weighted by atomic mass is 16.5. The van der Waals surface area contributed by atoms with Gasteiger partial charge in [0.25, 0.3) is 5.91 Å². The van der Waals surface area contributed by atoms with E-state index >= 15 is 0 Å². The number of nitrogens with two attached hydrogens (primary N) is 1. The Morgan fingerprint density at radius 3 is 3.00 bits per heavy atom. The van der Waals surface area contributed by atoms with Gasteiger partial charge >= 0.3 is 0 Å². The van der Waals surface area contributed by atoms with Crippen molar-refractivity contribution in [2.45, 2.75) is 26.8 Å². The third-order valence-corrected chi connectivity index (χ3v) is 2.73. The van der Waals surface area contributed by atoms with Gasteiger partial charge in [0.15, 0.2) is 5.82 Å². The number of aryl methyl sites for hydroxylation is 2. The van der Waals surface area contributed by atoms with Gasteiger partial charge in [0, 0.05) is 19.5 Å². The Hall–Kier alpha value is -2.38. The molecular formula is C11H16N6O2. The van der Waals surface area contributed by atoms with Crippen LogP contribution in [0.3, 0.4) is 0 Å². The number of aromatic nitrogens is 4. The Morgan fingerprint density at radius 1 is 1.58 bits per heavy atom. The van der Waals surface area contributed by atoms with E-state index in [9.17, 15) is 4.79 Å². The highest BCUT2D eigenvalue weighted by molar-refractivity contribution is 5.97. The van der Waals surface area contributed by atoms with E-state index in [4.69, 9.17) is 5.73 Å². The van der Waals surface area contributed by atoms with Gasteiger partial charge in [-0.05, 0) is 13.8 Å². The summed E-state index contributed by atoms with van der Waals surface area (Å²) in [6.45, 7) is 4.68. The van der Waals surface area contributed by atoms with Crippen LogP contribution in [0.2, 0.25) is 0 Å². The molecular weight excluding hydrogens is 248 g/mol. The maximum Gasteiger partial charge on any atom is 0.271 e. The smallest absolute Gasteiger partial charge is 0.271 e. The summed E-state index contributed by atoms with van der Waals surface area (Å²) >= 11 is 0. The first-order valence-corrected chi connectivity index (χ1v) is 5.99. The summed E-state index contributed by atoms with van der Waals surface area (Å²) in [4.78, 5) is 15.9. The van der Waals surface area contributed by atoms with E-state index in [2.05, 4.69) is 25.1 Å². The van der Waals surface area contributed by atoms with Crippen LogP contribution in [0.25, 0.3) is 0 Å². The average molecular weight is 264 g/mol. The van der Waals surface area contributed by atoms with Crippen LogP contribution in [0.1, 0.15) is 28.9 Å². The number of carbonyl (C=O) groups excluding carboxylic acids is 1. The lowest BCUT2D eigenvalue weighted by molar-refractivity contribution is 0.0944. The lowest BCUT2D eigenvalue weighted by atomic mass is 10.3. The van der Waals surface area contributed by atoms with Gasteiger partial charge in [-0.15, -0.1) is 0 Å². The largest absolute Gasteiger partial charge is 0.395 e. The van der Waals surface area contributed by atoms with E-state index in [1.54, 1.807) is 11.6 Å². The molecule has 0 aromatic carbocycles. The molecule has 3 N–H and O–H groups in total. The number of hydrogen-bond acceptors (Lipinski definition) is 6. The standard InChI is InChI=1S/C11H16N6O2/c1-3-17-10(9(12)7(2)15-17)11(18)13-5-4-8-14-6-19-16-8/h6H,3-5,12H2,1-2H3,(H,13,18). The van der Waals surface area contributed by atoms with Crippen LogP contribution in [-0.2, 0) is 13.0 Å². The summed E-state index contributed by atoms with van der Waals surface area (Å²) in [6, 6.07) is 0. The minimum absolute atomic E-state index is 0.247. The summed E-state index contributed by atoms with van der Waals surface area (Å²) in [7, 11) is 0. The molecule has 0 unspecified atom stereocenters. The van der Waals surface area contributed by atoms with E-state index < -0.39 is 0 Å². The fourth-order valence-electron chi connectivity index (χ4n) is 1.74. The number of anilines is 1. The Labute approximate surface area is 110 Å². The van der Waals surface area contributed by atoms with Crippen molar-refractivity contribution in [3.05, 3.63) is 23.6 Å². The average Bonchev–Trinajstić information content (AvgIpc) is 2.99. The lowest BCUT2D eigenvalue weighted by Crippen LogP contribution is -2.29. The van der Waals surface area contributed by atoms with Crippen molar-refractivity contribution in [3.63, 3.8) is 0 Å². The molecule has 8 heteroatoms. The zero-order chi connectivity index (χ0) is 13.8. The number of hydrogen-bond donors (Lipinski definition) is 2. The van der Waals surface area contributed by atoms with Crippen molar-refractivity contribution in [1.29, 1.82) is 0 Å². The predicted octanol–water partition coefficient (Wildman–Crippen LogP) is 0.149. The summed E-state index contributed by atoms with van der Waals surface area (Å²) in [5.41, 5.74) is 7.33. The second kappa shape index (κ2) is 5.51. The molecule has 0 aliphatic heterocycles. The number of amides is 1. The van der Waals surface area contributed by atoms with Gasteiger partial charge in [0.1, 0.15) is 5.69 Å². The molecule has 0 bridgehead atoms. The van der Waals surface area contributed by atoms with E-state index in [0.29, 0.717) is 42.4 Å². The van der Waals surface area contributed by atoms with Crippen LogP contribution in [0, 0.1) is 6.92 Å². The van der Waals surface area contributed by atoms with Gasteiger partial charge < -0.3 is 15.6 Å². The van der Waals surface area contributed by atoms with Crippen LogP contribution in [0.5, 0.6) is 0 Å². The number of carbonyl (C=O) groups is 1. The van der Waals surface area contributed by atoms with Crippen molar-refractivity contribution in [2.75, 3.05) is 12.3 Å². The van der Waals surface area contributed by atoms with Gasteiger partial charge in [-0.3, -0.25) is 9.48 Å². The third-order valence-electron chi connectivity index (χ3n) is 2.73. The van der Waals surface area contributed by atoms with E-state index in [1.165, 1.54) is 6.39 Å². The van der Waals surface area contributed by atoms with Crippen LogP contribution in [0.15, 0.2) is 10.9 Å². The summed E-state index contributed by atoms with van der Waals surface area (Å²) in [5.74, 6) is 0.303. The van der Waals surface area contributed by atoms with Crippen molar-refractivity contribution in [2.24, 2.45) is 0 Å². The molecule has 0 fully saturated rings. The Bertz CT molecular complexity index is 560. The summed E-state index contributed by atoms with van der Waals surface area (Å²) < 4.78 is 6.20. The molecule has 102 valence electrons. The third kappa shape index (κ3) is 2.72. The molecule has 0 radical (unpaired) electrons. The van der Waals surface area contributed by atoms with Crippen molar-refractivity contribution >= 4 is 11.6 Å². The Balaban J connectivity index is 2.00. The second-order valence-electron chi connectivity index (χ2n) is 4.02. The van der Waals surface area contributed by atoms with Crippen LogP contribution < -0.4 is 11.1 Å². The zero-order valence-electron chi connectivity index (χ0n) is 10.9. The Morgan fingerprint density at radius 2 is 2.37 bits per heavy atom. The molecule has 0 saturated heterocycles. The number of nitrogen functional groups attached to an aromatic ring is 1. The molecule has 2 rings (SSSR count). The lowest BCUT2D eigenvalue weighted by Gasteiger charge is -2.06. The fraction of sp³-hybridized carbons (Fsp3) is 0.455. The van der Waals surface area contributed by atoms with Gasteiger partial charge in [-0.2, -0.15) is 10.1 Å². The van der Waals surface area contributed by atoms with Gasteiger partial charge in [0.2, 0.25) is 6.39 Å². The molecule has 1 amide bonds. The summed E-state index contributed by atoms with van der Waals surface area (Å²) in [6.07, 6.45) is 1.76. The molecule has 2 heterocycles. The van der Waals surface area contributed by atoms with Gasteiger partial charge in [-0.1, -0.05) is 5.16 Å². The number of nitrogens with zero attached hydrogens (tertiary/aromatic N) is 4. The first-order valence-electron chi connectivity index (χ1n) is 5.99. The van der Waals surface area contributed by atoms with Crippen LogP contribution in [-0.4, -0.2) is 32.4 Å². The highest BCUT2D eigenvalue weighted by Gasteiger charge is 2.18. The molecule has 0 aliphatic carbocycles. The first-order chi connectivity index (χ1) is 9.13. The molecule has 0 aliphatic rings. The first kappa shape index (κ1) is 13.1. The van der Waals surface area contributed by atoms with Crippen molar-refractivity contribution in [3.8, 4) is 0 Å². The maximum absolute atomic E-state index is 12.1. The molecule has 19 heavy (non-hydrogen) atoms. The van der Waals surface area contributed by atoms with Gasteiger partial charge in [-0.25, -0.2) is 0 Å². The minimum Gasteiger partial charge on any atom is -0.395 e. The summed E-state index contributed by atoms with van der Waals surface area (Å²) in [5, 5.41) is 10.6. The molecule has 8 nitrogen and oxygen atoms in total. The molecule has 2 aromatic heterocycles. The van der Waals surface area contributed by atoms with E-state index in [-0.39, 0.29) is 5.91 Å². The van der Waals surface area contributed by atoms with E-state index in [1.807, 2.05) is 6.92 Å². The van der Waals surface area contributed by atoms with Crippen molar-refractivity contribution < 1.29 is 9.32 Å². The zero-order valence-corrected chi connectivity index (χ0v) is 10.9.